The van der Waals surface area contributed by atoms with Crippen LogP contribution in [0.3, 0.4) is 0 Å². The summed E-state index contributed by atoms with van der Waals surface area (Å²) in [5.41, 5.74) is 1.28. The molecule has 2 atom stereocenters. The van der Waals surface area contributed by atoms with Crippen molar-refractivity contribution in [2.24, 2.45) is 5.92 Å². The molecule has 0 amide bonds. The molecule has 0 saturated carbocycles. The first-order chi connectivity index (χ1) is 5.65. The fourth-order valence-corrected chi connectivity index (χ4v) is 1.66. The molecule has 1 heterocycles. The summed E-state index contributed by atoms with van der Waals surface area (Å²) < 4.78 is 5.45. The molecule has 12 heavy (non-hydrogen) atoms. The molecule has 2 heteroatoms. The Morgan fingerprint density at radius 3 is 2.92 bits per heavy atom. The summed E-state index contributed by atoms with van der Waals surface area (Å²) >= 11 is 0. The molecule has 0 bridgehead atoms. The smallest absolute Gasteiger partial charge is 0.130 e. The quantitative estimate of drug-likeness (QED) is 0.589. The van der Waals surface area contributed by atoms with Gasteiger partial charge in [0.25, 0.3) is 0 Å². The molecule has 0 N–H and O–H groups in total. The molecule has 1 saturated heterocycles. The number of carbonyl (C=O) groups excluding carboxylic acids is 1. The number of hydrogen-bond donors (Lipinski definition) is 0. The van der Waals surface area contributed by atoms with E-state index in [4.69, 9.17) is 4.74 Å². The summed E-state index contributed by atoms with van der Waals surface area (Å²) in [5, 5.41) is 0. The van der Waals surface area contributed by atoms with E-state index in [0.717, 1.165) is 0 Å². The van der Waals surface area contributed by atoms with Crippen molar-refractivity contribution in [1.82, 2.24) is 0 Å². The molecule has 0 spiro atoms. The van der Waals surface area contributed by atoms with E-state index < -0.39 is 0 Å². The topological polar surface area (TPSA) is 26.3 Å². The first-order valence-electron chi connectivity index (χ1n) is 4.41. The Kier molecular flexibility index (Phi) is 3.04. The molecule has 0 unspecified atom stereocenters. The molecular weight excluding hydrogens is 152 g/mol. The van der Waals surface area contributed by atoms with Gasteiger partial charge in [0, 0.05) is 12.3 Å². The van der Waals surface area contributed by atoms with Crippen LogP contribution in [0.2, 0.25) is 0 Å². The van der Waals surface area contributed by atoms with Gasteiger partial charge in [-0.05, 0) is 26.3 Å². The van der Waals surface area contributed by atoms with Crippen LogP contribution in [-0.2, 0) is 9.53 Å². The Morgan fingerprint density at radius 1 is 1.75 bits per heavy atom. The Bertz CT molecular complexity index is 206. The first kappa shape index (κ1) is 9.46. The van der Waals surface area contributed by atoms with E-state index in [0.29, 0.717) is 18.9 Å². The fraction of sp³-hybridized carbons (Fsp3) is 0.700. The highest BCUT2D eigenvalue weighted by Gasteiger charge is 2.29. The molecule has 68 valence electrons. The fourth-order valence-electron chi connectivity index (χ4n) is 1.66. The van der Waals surface area contributed by atoms with E-state index >= 15 is 0 Å². The van der Waals surface area contributed by atoms with Gasteiger partial charge in [0.2, 0.25) is 0 Å². The summed E-state index contributed by atoms with van der Waals surface area (Å²) in [6.45, 7) is 6.38. The lowest BCUT2D eigenvalue weighted by molar-refractivity contribution is -0.118. The Morgan fingerprint density at radius 2 is 2.42 bits per heavy atom. The van der Waals surface area contributed by atoms with Crippen molar-refractivity contribution >= 4 is 5.78 Å². The van der Waals surface area contributed by atoms with Crippen LogP contribution in [-0.4, -0.2) is 18.5 Å². The van der Waals surface area contributed by atoms with Gasteiger partial charge in [-0.15, -0.1) is 0 Å². The normalized spacial score (nSPS) is 32.8. The van der Waals surface area contributed by atoms with Gasteiger partial charge in [-0.1, -0.05) is 6.08 Å². The van der Waals surface area contributed by atoms with Crippen molar-refractivity contribution in [2.75, 3.05) is 6.61 Å². The summed E-state index contributed by atoms with van der Waals surface area (Å²) in [6, 6.07) is 0. The highest BCUT2D eigenvalue weighted by atomic mass is 16.5. The minimum atomic E-state index is 0.208. The summed E-state index contributed by atoms with van der Waals surface area (Å²) in [4.78, 5) is 10.9. The van der Waals surface area contributed by atoms with Crippen molar-refractivity contribution in [3.8, 4) is 0 Å². The maximum absolute atomic E-state index is 10.9. The maximum Gasteiger partial charge on any atom is 0.130 e. The van der Waals surface area contributed by atoms with Gasteiger partial charge in [0.1, 0.15) is 5.78 Å². The van der Waals surface area contributed by atoms with Crippen molar-refractivity contribution in [3.05, 3.63) is 11.6 Å². The van der Waals surface area contributed by atoms with Crippen LogP contribution in [0, 0.1) is 5.92 Å². The number of allylic oxidation sites excluding steroid dienone is 1. The van der Waals surface area contributed by atoms with Crippen molar-refractivity contribution in [1.29, 1.82) is 0 Å². The van der Waals surface area contributed by atoms with Gasteiger partial charge in [0.15, 0.2) is 0 Å². The number of hydrogen-bond acceptors (Lipinski definition) is 2. The molecule has 0 aromatic heterocycles. The molecule has 1 rings (SSSR count). The highest BCUT2D eigenvalue weighted by molar-refractivity contribution is 5.76. The van der Waals surface area contributed by atoms with Crippen LogP contribution in [0.4, 0.5) is 0 Å². The zero-order valence-corrected chi connectivity index (χ0v) is 7.96. The molecule has 0 aromatic rings. The lowest BCUT2D eigenvalue weighted by Gasteiger charge is -2.12. The van der Waals surface area contributed by atoms with Gasteiger partial charge in [-0.2, -0.15) is 0 Å². The molecule has 1 aliphatic heterocycles. The first-order valence-corrected chi connectivity index (χ1v) is 4.41. The second-order valence-corrected chi connectivity index (χ2v) is 3.39. The third kappa shape index (κ3) is 1.95. The second-order valence-electron chi connectivity index (χ2n) is 3.39. The molecule has 0 aromatic carbocycles. The number of ether oxygens (including phenoxy) is 1. The second kappa shape index (κ2) is 3.85. The lowest BCUT2D eigenvalue weighted by atomic mass is 9.92. The van der Waals surface area contributed by atoms with E-state index in [1.54, 1.807) is 6.92 Å². The average molecular weight is 168 g/mol. The zero-order valence-electron chi connectivity index (χ0n) is 7.96. The zero-order chi connectivity index (χ0) is 9.14. The predicted octanol–water partition coefficient (Wildman–Crippen LogP) is 1.95. The molecule has 0 radical (unpaired) electrons. The van der Waals surface area contributed by atoms with Gasteiger partial charge in [-0.25, -0.2) is 0 Å². The SMILES string of the molecule is C/C=C1\CO[C@H](C)[C@H]1CC(C)=O. The third-order valence-electron chi connectivity index (χ3n) is 2.43. The number of Topliss-reactive ketones (excluding diaryl/α,β-unsaturated/α-hetero) is 1. The third-order valence-corrected chi connectivity index (χ3v) is 2.43. The summed E-state index contributed by atoms with van der Waals surface area (Å²) in [5.74, 6) is 0.573. The van der Waals surface area contributed by atoms with Gasteiger partial charge in [0.05, 0.1) is 12.7 Å². The van der Waals surface area contributed by atoms with Crippen LogP contribution >= 0.6 is 0 Å². The molecule has 1 fully saturated rings. The average Bonchev–Trinajstić information content (AvgIpc) is 2.32. The van der Waals surface area contributed by atoms with E-state index in [-0.39, 0.29) is 11.9 Å². The van der Waals surface area contributed by atoms with Crippen LogP contribution in [0.15, 0.2) is 11.6 Å². The minimum Gasteiger partial charge on any atom is -0.374 e. The van der Waals surface area contributed by atoms with Crippen LogP contribution < -0.4 is 0 Å². The van der Waals surface area contributed by atoms with E-state index in [1.165, 1.54) is 5.57 Å². The van der Waals surface area contributed by atoms with Crippen molar-refractivity contribution in [2.45, 2.75) is 33.3 Å². The standard InChI is InChI=1S/C10H16O2/c1-4-9-6-12-8(3)10(9)5-7(2)11/h4,8,10H,5-6H2,1-3H3/b9-4+/t8-,10-/m1/s1. The Hall–Kier alpha value is -0.630. The number of rotatable bonds is 2. The maximum atomic E-state index is 10.9. The van der Waals surface area contributed by atoms with Gasteiger partial charge >= 0.3 is 0 Å². The van der Waals surface area contributed by atoms with E-state index in [1.807, 2.05) is 13.8 Å². The van der Waals surface area contributed by atoms with E-state index in [2.05, 4.69) is 6.08 Å². The van der Waals surface area contributed by atoms with Gasteiger partial charge in [-0.3, -0.25) is 0 Å². The van der Waals surface area contributed by atoms with Crippen molar-refractivity contribution < 1.29 is 9.53 Å². The lowest BCUT2D eigenvalue weighted by Crippen LogP contribution is -2.15. The van der Waals surface area contributed by atoms with Crippen LogP contribution in [0.25, 0.3) is 0 Å². The largest absolute Gasteiger partial charge is 0.374 e. The Labute approximate surface area is 73.6 Å². The number of ketones is 1. The summed E-state index contributed by atoms with van der Waals surface area (Å²) in [7, 11) is 0. The van der Waals surface area contributed by atoms with Gasteiger partial charge < -0.3 is 9.53 Å². The monoisotopic (exact) mass is 168 g/mol. The summed E-state index contributed by atoms with van der Waals surface area (Å²) in [6.07, 6.45) is 2.90. The minimum absolute atomic E-state index is 0.208. The molecular formula is C10H16O2. The van der Waals surface area contributed by atoms with E-state index in [9.17, 15) is 4.79 Å². The number of carbonyl (C=O) groups is 1. The molecule has 0 aliphatic carbocycles. The highest BCUT2D eigenvalue weighted by Crippen LogP contribution is 2.29. The van der Waals surface area contributed by atoms with Crippen LogP contribution in [0.1, 0.15) is 27.2 Å². The molecule has 2 nitrogen and oxygen atoms in total. The van der Waals surface area contributed by atoms with Crippen molar-refractivity contribution in [3.63, 3.8) is 0 Å². The Balaban J connectivity index is 2.64. The molecule has 1 aliphatic rings. The predicted molar refractivity (Wildman–Crippen MR) is 48.0 cm³/mol. The van der Waals surface area contributed by atoms with Crippen LogP contribution in [0.5, 0.6) is 0 Å².